The first-order valence-electron chi connectivity index (χ1n) is 9.66. The lowest BCUT2D eigenvalue weighted by Gasteiger charge is -2.40. The minimum Gasteiger partial charge on any atom is -0.508 e. The molecule has 176 valence electrons. The molecule has 33 heavy (non-hydrogen) atoms. The van der Waals surface area contributed by atoms with Crippen LogP contribution in [0.1, 0.15) is 0 Å². The fourth-order valence-electron chi connectivity index (χ4n) is 3.53. The molecule has 12 nitrogen and oxygen atoms in total. The highest BCUT2D eigenvalue weighted by Gasteiger charge is 2.47. The molecule has 0 radical (unpaired) electrons. The summed E-state index contributed by atoms with van der Waals surface area (Å²) in [5, 5.41) is 68.4. The van der Waals surface area contributed by atoms with Gasteiger partial charge in [-0.1, -0.05) is 0 Å². The van der Waals surface area contributed by atoms with Crippen LogP contribution in [0.5, 0.6) is 23.0 Å². The van der Waals surface area contributed by atoms with Crippen LogP contribution in [0, 0.1) is 0 Å². The molecule has 7 N–H and O–H groups in total. The largest absolute Gasteiger partial charge is 0.508 e. The fourth-order valence-corrected chi connectivity index (χ4v) is 3.53. The van der Waals surface area contributed by atoms with Crippen molar-refractivity contribution in [3.63, 3.8) is 0 Å². The lowest BCUT2D eigenvalue weighted by Crippen LogP contribution is -2.60. The van der Waals surface area contributed by atoms with Crippen LogP contribution in [0.15, 0.2) is 45.6 Å². The van der Waals surface area contributed by atoms with Crippen LogP contribution in [-0.2, 0) is 9.62 Å². The molecule has 0 saturated carbocycles. The van der Waals surface area contributed by atoms with Gasteiger partial charge in [0.2, 0.25) is 12.0 Å². The Morgan fingerprint density at radius 1 is 0.970 bits per heavy atom. The monoisotopic (exact) mass is 464 g/mol. The number of aliphatic hydroxyl groups is 3. The molecular weight excluding hydrogens is 444 g/mol. The van der Waals surface area contributed by atoms with Gasteiger partial charge >= 0.3 is 0 Å². The zero-order valence-corrected chi connectivity index (χ0v) is 16.7. The third-order valence-electron chi connectivity index (χ3n) is 5.27. The molecule has 0 aliphatic carbocycles. The second-order valence-corrected chi connectivity index (χ2v) is 7.36. The van der Waals surface area contributed by atoms with E-state index in [1.165, 1.54) is 24.3 Å². The molecule has 0 spiro atoms. The summed E-state index contributed by atoms with van der Waals surface area (Å²) < 4.78 is 16.4. The average Bonchev–Trinajstić information content (AvgIpc) is 2.80. The van der Waals surface area contributed by atoms with E-state index < -0.39 is 60.0 Å². The van der Waals surface area contributed by atoms with E-state index in [9.17, 15) is 35.4 Å². The third-order valence-corrected chi connectivity index (χ3v) is 5.27. The number of aromatic hydroxyl groups is 3. The van der Waals surface area contributed by atoms with E-state index in [1.54, 1.807) is 0 Å². The Bertz CT molecular complexity index is 1200. The van der Waals surface area contributed by atoms with E-state index in [0.717, 1.165) is 12.1 Å². The Hall–Kier alpha value is -3.39. The van der Waals surface area contributed by atoms with Gasteiger partial charge in [0.25, 0.3) is 0 Å². The maximum atomic E-state index is 12.6. The van der Waals surface area contributed by atoms with E-state index >= 15 is 0 Å². The number of fused-ring (bicyclic) bond motifs is 1. The molecule has 0 bridgehead atoms. The maximum Gasteiger partial charge on any atom is 0.229 e. The zero-order chi connectivity index (χ0) is 23.9. The summed E-state index contributed by atoms with van der Waals surface area (Å²) in [6.07, 6.45) is -7.97. The second kappa shape index (κ2) is 8.86. The smallest absolute Gasteiger partial charge is 0.229 e. The normalized spacial score (nSPS) is 25.3. The molecule has 1 aliphatic heterocycles. The quantitative estimate of drug-likeness (QED) is 0.154. The second-order valence-electron chi connectivity index (χ2n) is 7.36. The summed E-state index contributed by atoms with van der Waals surface area (Å²) in [5.74, 6) is -2.09. The lowest BCUT2D eigenvalue weighted by atomic mass is 9.99. The Morgan fingerprint density at radius 2 is 1.67 bits per heavy atom. The highest BCUT2D eigenvalue weighted by molar-refractivity contribution is 5.89. The molecular formula is C21H20O12. The Morgan fingerprint density at radius 3 is 2.30 bits per heavy atom. The van der Waals surface area contributed by atoms with Crippen molar-refractivity contribution in [3.8, 4) is 34.3 Å². The lowest BCUT2D eigenvalue weighted by molar-refractivity contribution is -0.367. The SMILES string of the molecule is O=c1cc(-c2ccc(O)cc2)oc2cc(OC3OC(CO)C(OO)C(O)C3O)c(O)c(O)c12. The summed E-state index contributed by atoms with van der Waals surface area (Å²) in [5.41, 5.74) is -0.417. The van der Waals surface area contributed by atoms with Crippen LogP contribution in [0.25, 0.3) is 22.3 Å². The summed E-state index contributed by atoms with van der Waals surface area (Å²) in [7, 11) is 0. The number of hydrogen-bond donors (Lipinski definition) is 7. The molecule has 2 heterocycles. The first kappa shape index (κ1) is 22.8. The minimum atomic E-state index is -1.79. The van der Waals surface area contributed by atoms with Crippen LogP contribution in [0.2, 0.25) is 0 Å². The number of benzene rings is 2. The molecule has 4 rings (SSSR count). The van der Waals surface area contributed by atoms with Crippen LogP contribution >= 0.6 is 0 Å². The molecule has 2 aromatic carbocycles. The third kappa shape index (κ3) is 4.06. The number of phenolic OH excluding ortho intramolecular Hbond substituents is 3. The molecule has 0 amide bonds. The zero-order valence-electron chi connectivity index (χ0n) is 16.7. The van der Waals surface area contributed by atoms with Crippen molar-refractivity contribution >= 4 is 11.0 Å². The topological polar surface area (TPSA) is 200 Å². The van der Waals surface area contributed by atoms with Crippen molar-refractivity contribution in [2.45, 2.75) is 30.7 Å². The van der Waals surface area contributed by atoms with Gasteiger partial charge in [0.05, 0.1) is 6.61 Å². The summed E-state index contributed by atoms with van der Waals surface area (Å²) in [6, 6.07) is 7.94. The number of rotatable bonds is 5. The predicted molar refractivity (Wildman–Crippen MR) is 109 cm³/mol. The maximum absolute atomic E-state index is 12.6. The number of phenols is 3. The van der Waals surface area contributed by atoms with Crippen molar-refractivity contribution in [1.82, 2.24) is 0 Å². The molecule has 5 unspecified atom stereocenters. The van der Waals surface area contributed by atoms with Gasteiger partial charge in [0.15, 0.2) is 16.9 Å². The molecule has 1 aliphatic rings. The summed E-state index contributed by atoms with van der Waals surface area (Å²) in [6.45, 7) is -0.714. The number of hydrogen-bond acceptors (Lipinski definition) is 12. The number of ether oxygens (including phenoxy) is 2. The first-order chi connectivity index (χ1) is 15.7. The highest BCUT2D eigenvalue weighted by Crippen LogP contribution is 2.42. The van der Waals surface area contributed by atoms with E-state index in [0.29, 0.717) is 5.56 Å². The van der Waals surface area contributed by atoms with Crippen molar-refractivity contribution in [2.75, 3.05) is 6.61 Å². The molecule has 1 saturated heterocycles. The van der Waals surface area contributed by atoms with Gasteiger partial charge < -0.3 is 44.5 Å². The van der Waals surface area contributed by atoms with Gasteiger partial charge in [0.1, 0.15) is 46.9 Å². The van der Waals surface area contributed by atoms with E-state index in [-0.39, 0.29) is 22.5 Å². The molecule has 1 fully saturated rings. The van der Waals surface area contributed by atoms with Crippen LogP contribution < -0.4 is 10.2 Å². The van der Waals surface area contributed by atoms with Gasteiger partial charge in [-0.2, -0.15) is 0 Å². The van der Waals surface area contributed by atoms with Crippen molar-refractivity contribution in [3.05, 3.63) is 46.6 Å². The van der Waals surface area contributed by atoms with Gasteiger partial charge in [-0.3, -0.25) is 10.1 Å². The first-order valence-corrected chi connectivity index (χ1v) is 9.66. The number of aliphatic hydroxyl groups excluding tert-OH is 3. The molecule has 1 aromatic heterocycles. The Kier molecular flexibility index (Phi) is 6.12. The van der Waals surface area contributed by atoms with Crippen molar-refractivity contribution < 1.29 is 54.7 Å². The van der Waals surface area contributed by atoms with E-state index in [1.807, 2.05) is 0 Å². The summed E-state index contributed by atoms with van der Waals surface area (Å²) in [4.78, 5) is 16.6. The van der Waals surface area contributed by atoms with Crippen LogP contribution in [-0.4, -0.2) is 73.2 Å². The van der Waals surface area contributed by atoms with Crippen molar-refractivity contribution in [2.24, 2.45) is 0 Å². The summed E-state index contributed by atoms with van der Waals surface area (Å²) >= 11 is 0. The Labute approximate surface area is 184 Å². The molecule has 5 atom stereocenters. The highest BCUT2D eigenvalue weighted by atomic mass is 17.1. The minimum absolute atomic E-state index is 0.00314. The fraction of sp³-hybridized carbons (Fsp3) is 0.286. The Balaban J connectivity index is 1.74. The van der Waals surface area contributed by atoms with Crippen LogP contribution in [0.3, 0.4) is 0 Å². The van der Waals surface area contributed by atoms with Crippen LogP contribution in [0.4, 0.5) is 0 Å². The van der Waals surface area contributed by atoms with E-state index in [2.05, 4.69) is 4.89 Å². The van der Waals surface area contributed by atoms with E-state index in [4.69, 9.17) is 19.1 Å². The average molecular weight is 464 g/mol. The molecule has 12 heteroatoms. The van der Waals surface area contributed by atoms with Crippen molar-refractivity contribution in [1.29, 1.82) is 0 Å². The van der Waals surface area contributed by atoms with Gasteiger partial charge in [-0.25, -0.2) is 4.89 Å². The molecule has 3 aromatic rings. The predicted octanol–water partition coefficient (Wildman–Crippen LogP) is 0.253. The van der Waals surface area contributed by atoms with Gasteiger partial charge in [0, 0.05) is 17.7 Å². The standard InChI is InChI=1S/C21H20O12/c22-7-14-20(33-29)18(27)19(28)21(32-14)31-13-6-12-15(17(26)16(13)25)10(24)5-11(30-12)8-1-3-9(23)4-2-8/h1-6,14,18-23,25-29H,7H2. The van der Waals surface area contributed by atoms with Gasteiger partial charge in [-0.15, -0.1) is 0 Å². The van der Waals surface area contributed by atoms with Gasteiger partial charge in [-0.05, 0) is 24.3 Å².